The van der Waals surface area contributed by atoms with Crippen LogP contribution >= 0.6 is 0 Å². The van der Waals surface area contributed by atoms with Gasteiger partial charge in [0.2, 0.25) is 5.91 Å². The quantitative estimate of drug-likeness (QED) is 0.548. The summed E-state index contributed by atoms with van der Waals surface area (Å²) in [5.74, 6) is -1.80. The van der Waals surface area contributed by atoms with Gasteiger partial charge in [-0.15, -0.1) is 0 Å². The van der Waals surface area contributed by atoms with E-state index in [4.69, 9.17) is 16.2 Å². The summed E-state index contributed by atoms with van der Waals surface area (Å²) in [6.45, 7) is 2.06. The molecule has 1 atom stereocenters. The van der Waals surface area contributed by atoms with Gasteiger partial charge in [-0.3, -0.25) is 9.59 Å². The fraction of sp³-hybridized carbons (Fsp3) is 0.357. The molecule has 0 fully saturated rings. The topological polar surface area (TPSA) is 116 Å². The highest BCUT2D eigenvalue weighted by molar-refractivity contribution is 6.01. The summed E-state index contributed by atoms with van der Waals surface area (Å²) >= 11 is 0. The highest BCUT2D eigenvalue weighted by Crippen LogP contribution is 2.07. The molecule has 0 aromatic heterocycles. The number of amides is 2. The van der Waals surface area contributed by atoms with E-state index in [-0.39, 0.29) is 13.2 Å². The van der Waals surface area contributed by atoms with Gasteiger partial charge in [-0.25, -0.2) is 4.79 Å². The molecule has 1 rings (SSSR count). The zero-order valence-electron chi connectivity index (χ0n) is 12.0. The van der Waals surface area contributed by atoms with E-state index in [1.165, 1.54) is 11.9 Å². The summed E-state index contributed by atoms with van der Waals surface area (Å²) in [7, 11) is 1.53. The summed E-state index contributed by atoms with van der Waals surface area (Å²) in [4.78, 5) is 35.7. The fourth-order valence-corrected chi connectivity index (χ4v) is 1.70. The van der Waals surface area contributed by atoms with Crippen LogP contribution in [0.25, 0.3) is 0 Å². The number of rotatable bonds is 6. The summed E-state index contributed by atoms with van der Waals surface area (Å²) in [5.41, 5.74) is 11.9. The lowest BCUT2D eigenvalue weighted by molar-refractivity contribution is -0.150. The van der Waals surface area contributed by atoms with Crippen molar-refractivity contribution in [2.45, 2.75) is 19.5 Å². The van der Waals surface area contributed by atoms with Crippen molar-refractivity contribution in [3.63, 3.8) is 0 Å². The molecule has 0 aliphatic carbocycles. The molecule has 114 valence electrons. The van der Waals surface area contributed by atoms with Crippen molar-refractivity contribution >= 4 is 17.8 Å². The van der Waals surface area contributed by atoms with E-state index in [1.54, 1.807) is 31.2 Å². The number of hydrogen-bond acceptors (Lipinski definition) is 5. The van der Waals surface area contributed by atoms with Gasteiger partial charge in [0.05, 0.1) is 6.61 Å². The molecular formula is C14H19N3O4. The van der Waals surface area contributed by atoms with Gasteiger partial charge in [-0.2, -0.15) is 0 Å². The Labute approximate surface area is 122 Å². The Kier molecular flexibility index (Phi) is 5.86. The molecule has 0 spiro atoms. The second-order valence-electron chi connectivity index (χ2n) is 4.49. The molecule has 2 amide bonds. The van der Waals surface area contributed by atoms with E-state index in [1.807, 2.05) is 0 Å². The van der Waals surface area contributed by atoms with Gasteiger partial charge in [0, 0.05) is 19.2 Å². The minimum atomic E-state index is -1.33. The summed E-state index contributed by atoms with van der Waals surface area (Å²) < 4.78 is 4.70. The Bertz CT molecular complexity index is 528. The second-order valence-corrected chi connectivity index (χ2v) is 4.49. The number of ether oxygens (including phenoxy) is 1. The molecular weight excluding hydrogens is 274 g/mol. The van der Waals surface area contributed by atoms with Crippen LogP contribution in [0.1, 0.15) is 22.8 Å². The highest BCUT2D eigenvalue weighted by Gasteiger charge is 2.26. The van der Waals surface area contributed by atoms with Crippen molar-refractivity contribution in [2.24, 2.45) is 11.5 Å². The molecule has 0 heterocycles. The number of nitrogens with zero attached hydrogens (tertiary/aromatic N) is 1. The fourth-order valence-electron chi connectivity index (χ4n) is 1.70. The third-order valence-corrected chi connectivity index (χ3v) is 2.84. The SMILES string of the molecule is CCOC(=O)C(N)C(=O)N(C)Cc1ccc(C(N)=O)cc1. The number of nitrogens with two attached hydrogens (primary N) is 2. The van der Waals surface area contributed by atoms with Crippen LogP contribution in [-0.2, 0) is 20.9 Å². The number of primary amides is 1. The van der Waals surface area contributed by atoms with Crippen molar-refractivity contribution in [1.29, 1.82) is 0 Å². The van der Waals surface area contributed by atoms with Crippen LogP contribution in [0.3, 0.4) is 0 Å². The zero-order chi connectivity index (χ0) is 16.0. The monoisotopic (exact) mass is 293 g/mol. The average molecular weight is 293 g/mol. The predicted molar refractivity (Wildman–Crippen MR) is 76.0 cm³/mol. The van der Waals surface area contributed by atoms with Gasteiger partial charge in [0.1, 0.15) is 0 Å². The Morgan fingerprint density at radius 2 is 1.81 bits per heavy atom. The molecule has 21 heavy (non-hydrogen) atoms. The number of likely N-dealkylation sites (N-methyl/N-ethyl adjacent to an activating group) is 1. The van der Waals surface area contributed by atoms with Crippen LogP contribution in [0.2, 0.25) is 0 Å². The van der Waals surface area contributed by atoms with Crippen LogP contribution in [0, 0.1) is 0 Å². The zero-order valence-corrected chi connectivity index (χ0v) is 12.0. The van der Waals surface area contributed by atoms with Crippen LogP contribution in [0.5, 0.6) is 0 Å². The lowest BCUT2D eigenvalue weighted by Crippen LogP contribution is -2.47. The molecule has 1 aromatic carbocycles. The standard InChI is InChI=1S/C14H19N3O4/c1-3-21-14(20)11(15)13(19)17(2)8-9-4-6-10(7-5-9)12(16)18/h4-7,11H,3,8,15H2,1-2H3,(H2,16,18). The summed E-state index contributed by atoms with van der Waals surface area (Å²) in [5, 5.41) is 0. The molecule has 7 heteroatoms. The third-order valence-electron chi connectivity index (χ3n) is 2.84. The first kappa shape index (κ1) is 16.6. The first-order chi connectivity index (χ1) is 9.86. The normalized spacial score (nSPS) is 11.6. The molecule has 1 aromatic rings. The second kappa shape index (κ2) is 7.39. The van der Waals surface area contributed by atoms with E-state index in [0.29, 0.717) is 5.56 Å². The van der Waals surface area contributed by atoms with Gasteiger partial charge in [0.25, 0.3) is 5.91 Å². The molecule has 7 nitrogen and oxygen atoms in total. The van der Waals surface area contributed by atoms with Gasteiger partial charge in [0.15, 0.2) is 6.04 Å². The van der Waals surface area contributed by atoms with E-state index >= 15 is 0 Å². The molecule has 4 N–H and O–H groups in total. The van der Waals surface area contributed by atoms with Crippen molar-refractivity contribution in [3.8, 4) is 0 Å². The van der Waals surface area contributed by atoms with Crippen LogP contribution in [-0.4, -0.2) is 42.4 Å². The predicted octanol–water partition coefficient (Wildman–Crippen LogP) is -0.366. The summed E-state index contributed by atoms with van der Waals surface area (Å²) in [6, 6.07) is 5.17. The van der Waals surface area contributed by atoms with Crippen molar-refractivity contribution in [1.82, 2.24) is 4.90 Å². The lowest BCUT2D eigenvalue weighted by Gasteiger charge is -2.20. The van der Waals surface area contributed by atoms with E-state index in [0.717, 1.165) is 5.56 Å². The molecule has 0 radical (unpaired) electrons. The Balaban J connectivity index is 2.67. The van der Waals surface area contributed by atoms with E-state index in [9.17, 15) is 14.4 Å². The van der Waals surface area contributed by atoms with Crippen molar-refractivity contribution in [2.75, 3.05) is 13.7 Å². The van der Waals surface area contributed by atoms with E-state index < -0.39 is 23.8 Å². The van der Waals surface area contributed by atoms with Gasteiger partial charge in [-0.05, 0) is 24.6 Å². The number of esters is 1. The minimum absolute atomic E-state index is 0.165. The number of hydrogen-bond donors (Lipinski definition) is 2. The van der Waals surface area contributed by atoms with Crippen molar-refractivity contribution < 1.29 is 19.1 Å². The highest BCUT2D eigenvalue weighted by atomic mass is 16.5. The molecule has 0 aliphatic rings. The number of carbonyl (C=O) groups excluding carboxylic acids is 3. The maximum Gasteiger partial charge on any atom is 0.332 e. The van der Waals surface area contributed by atoms with Crippen LogP contribution in [0.15, 0.2) is 24.3 Å². The third kappa shape index (κ3) is 4.57. The molecule has 0 saturated heterocycles. The minimum Gasteiger partial charge on any atom is -0.464 e. The van der Waals surface area contributed by atoms with Gasteiger partial charge < -0.3 is 21.1 Å². The van der Waals surface area contributed by atoms with Crippen molar-refractivity contribution in [3.05, 3.63) is 35.4 Å². The molecule has 0 bridgehead atoms. The molecule has 0 aliphatic heterocycles. The number of benzene rings is 1. The molecule has 1 unspecified atom stereocenters. The maximum absolute atomic E-state index is 12.0. The Morgan fingerprint density at radius 3 is 2.29 bits per heavy atom. The Morgan fingerprint density at radius 1 is 1.24 bits per heavy atom. The number of carbonyl (C=O) groups is 3. The van der Waals surface area contributed by atoms with Gasteiger partial charge >= 0.3 is 5.97 Å². The summed E-state index contributed by atoms with van der Waals surface area (Å²) in [6.07, 6.45) is 0. The average Bonchev–Trinajstić information content (AvgIpc) is 2.46. The first-order valence-electron chi connectivity index (χ1n) is 6.42. The molecule has 0 saturated carbocycles. The maximum atomic E-state index is 12.0. The smallest absolute Gasteiger partial charge is 0.332 e. The van der Waals surface area contributed by atoms with Crippen LogP contribution in [0.4, 0.5) is 0 Å². The van der Waals surface area contributed by atoms with E-state index in [2.05, 4.69) is 0 Å². The largest absolute Gasteiger partial charge is 0.464 e. The first-order valence-corrected chi connectivity index (χ1v) is 6.42. The van der Waals surface area contributed by atoms with Gasteiger partial charge in [-0.1, -0.05) is 12.1 Å². The Hall–Kier alpha value is -2.41. The van der Waals surface area contributed by atoms with Crippen LogP contribution < -0.4 is 11.5 Å². The lowest BCUT2D eigenvalue weighted by atomic mass is 10.1.